The lowest BCUT2D eigenvalue weighted by molar-refractivity contribution is 0.565. The zero-order valence-corrected chi connectivity index (χ0v) is 12.0. The number of halogens is 2. The second-order valence-corrected chi connectivity index (χ2v) is 5.21. The molecule has 18 heavy (non-hydrogen) atoms. The van der Waals surface area contributed by atoms with Crippen molar-refractivity contribution in [3.05, 3.63) is 33.3 Å². The van der Waals surface area contributed by atoms with Crippen molar-refractivity contribution in [1.82, 2.24) is 0 Å². The highest BCUT2D eigenvalue weighted by Gasteiger charge is 2.08. The molecule has 0 saturated heterocycles. The Morgan fingerprint density at radius 2 is 1.67 bits per heavy atom. The molecule has 0 radical (unpaired) electrons. The van der Waals surface area contributed by atoms with Gasteiger partial charge < -0.3 is 0 Å². The Hall–Kier alpha value is -0.740. The van der Waals surface area contributed by atoms with Gasteiger partial charge in [-0.15, -0.1) is 8.80 Å². The van der Waals surface area contributed by atoms with Gasteiger partial charge in [-0.3, -0.25) is 0 Å². The normalized spacial score (nSPS) is 9.44. The van der Waals surface area contributed by atoms with Crippen LogP contribution in [-0.4, -0.2) is 12.2 Å². The molecule has 0 amide bonds. The molecule has 0 spiro atoms. The summed E-state index contributed by atoms with van der Waals surface area (Å²) in [7, 11) is 0. The van der Waals surface area contributed by atoms with Crippen LogP contribution in [0.5, 0.6) is 0 Å². The van der Waals surface area contributed by atoms with E-state index in [1.807, 2.05) is 6.07 Å². The second-order valence-electron chi connectivity index (χ2n) is 2.96. The maximum absolute atomic E-state index is 9.96. The predicted octanol–water partition coefficient (Wildman–Crippen LogP) is 3.96. The first-order valence-corrected chi connectivity index (χ1v) is 7.18. The van der Waals surface area contributed by atoms with Gasteiger partial charge in [0, 0.05) is 11.5 Å². The summed E-state index contributed by atoms with van der Waals surface area (Å²) in [5, 5.41) is 0.841. The fourth-order valence-corrected chi connectivity index (χ4v) is 2.59. The molecule has 1 aromatic rings. The minimum atomic E-state index is 0.413. The third kappa shape index (κ3) is 4.86. The van der Waals surface area contributed by atoms with Crippen molar-refractivity contribution >= 4 is 59.3 Å². The Morgan fingerprint density at radius 3 is 2.28 bits per heavy atom. The highest BCUT2D eigenvalue weighted by atomic mass is 35.5. The molecule has 0 aliphatic heterocycles. The Balaban J connectivity index is 2.87. The highest BCUT2D eigenvalue weighted by Crippen LogP contribution is 2.31. The molecule has 0 bridgehead atoms. The Morgan fingerprint density at radius 1 is 1.06 bits per heavy atom. The quantitative estimate of drug-likeness (QED) is 0.452. The average Bonchev–Trinajstić information content (AvgIpc) is 2.35. The lowest BCUT2D eigenvalue weighted by Gasteiger charge is -2.07. The van der Waals surface area contributed by atoms with Gasteiger partial charge in [0.25, 0.3) is 0 Å². The molecule has 0 heterocycles. The molecule has 1 rings (SSSR count). The zero-order valence-electron chi connectivity index (χ0n) is 8.85. The van der Waals surface area contributed by atoms with E-state index in [2.05, 4.69) is 8.80 Å². The van der Waals surface area contributed by atoms with E-state index >= 15 is 0 Å². The lowest BCUT2D eigenvalue weighted by Crippen LogP contribution is -1.88. The molecule has 0 atom stereocenters. The summed E-state index contributed by atoms with van der Waals surface area (Å²) < 4.78 is 6.76. The van der Waals surface area contributed by atoms with E-state index in [9.17, 15) is 9.59 Å². The van der Waals surface area contributed by atoms with Crippen LogP contribution in [0.15, 0.2) is 20.9 Å². The summed E-state index contributed by atoms with van der Waals surface area (Å²) in [6.45, 7) is 0. The molecular weight excluding hydrogens is 315 g/mol. The van der Waals surface area contributed by atoms with Crippen molar-refractivity contribution in [1.29, 1.82) is 0 Å². The molecule has 0 fully saturated rings. The van der Waals surface area contributed by atoms with Crippen LogP contribution in [0.4, 0.5) is 0 Å². The number of hydrogen-bond acceptors (Lipinski definition) is 6. The van der Waals surface area contributed by atoms with Crippen molar-refractivity contribution < 1.29 is 9.59 Å². The molecule has 94 valence electrons. The molecule has 0 unspecified atom stereocenters. The topological polar surface area (TPSA) is 58.9 Å². The highest BCUT2D eigenvalue weighted by molar-refractivity contribution is 7.97. The van der Waals surface area contributed by atoms with Gasteiger partial charge in [-0.1, -0.05) is 29.3 Å². The van der Waals surface area contributed by atoms with E-state index in [0.717, 1.165) is 35.0 Å². The van der Waals surface area contributed by atoms with Crippen LogP contribution in [0.25, 0.3) is 0 Å². The standard InChI is InChI=1S/C10H6Cl2N2O2S2/c11-9-2-7(3-17-13-5-15)1-8(10(9)12)4-18-14-6-16/h1-2H,3-4H2. The maximum Gasteiger partial charge on any atom is 0.247 e. The van der Waals surface area contributed by atoms with Gasteiger partial charge in [0.2, 0.25) is 12.2 Å². The van der Waals surface area contributed by atoms with E-state index in [4.69, 9.17) is 23.2 Å². The Kier molecular flexibility index (Phi) is 7.13. The molecule has 1 aromatic carbocycles. The van der Waals surface area contributed by atoms with Crippen molar-refractivity contribution in [2.45, 2.75) is 11.5 Å². The van der Waals surface area contributed by atoms with E-state index < -0.39 is 0 Å². The van der Waals surface area contributed by atoms with Crippen LogP contribution in [-0.2, 0) is 21.1 Å². The van der Waals surface area contributed by atoms with Crippen LogP contribution in [0.2, 0.25) is 10.0 Å². The van der Waals surface area contributed by atoms with Gasteiger partial charge in [-0.2, -0.15) is 0 Å². The van der Waals surface area contributed by atoms with Gasteiger partial charge >= 0.3 is 0 Å². The summed E-state index contributed by atoms with van der Waals surface area (Å²) in [4.78, 5) is 19.9. The van der Waals surface area contributed by atoms with Crippen LogP contribution >= 0.6 is 47.1 Å². The van der Waals surface area contributed by atoms with Gasteiger partial charge in [-0.05, 0) is 41.1 Å². The third-order valence-corrected chi connectivity index (χ3v) is 3.97. The molecular formula is C10H6Cl2N2O2S2. The van der Waals surface area contributed by atoms with E-state index in [1.54, 1.807) is 6.07 Å². The van der Waals surface area contributed by atoms with Crippen molar-refractivity contribution in [2.24, 2.45) is 8.80 Å². The smallest absolute Gasteiger partial charge is 0.210 e. The fourth-order valence-electron chi connectivity index (χ4n) is 1.16. The first kappa shape index (κ1) is 15.3. The molecule has 0 aliphatic rings. The van der Waals surface area contributed by atoms with E-state index in [0.29, 0.717) is 21.6 Å². The first-order valence-electron chi connectivity index (χ1n) is 4.54. The van der Waals surface area contributed by atoms with Crippen molar-refractivity contribution in [3.8, 4) is 0 Å². The lowest BCUT2D eigenvalue weighted by atomic mass is 10.1. The number of rotatable bonds is 6. The molecule has 0 saturated carbocycles. The van der Waals surface area contributed by atoms with Gasteiger partial charge in [0.15, 0.2) is 0 Å². The Bertz CT molecular complexity index is 527. The number of nitrogens with zero attached hydrogens (tertiary/aromatic N) is 2. The van der Waals surface area contributed by atoms with Gasteiger partial charge in [0.1, 0.15) is 0 Å². The van der Waals surface area contributed by atoms with Crippen LogP contribution in [0, 0.1) is 0 Å². The molecule has 0 aliphatic carbocycles. The molecule has 0 aromatic heterocycles. The molecule has 0 N–H and O–H groups in total. The van der Waals surface area contributed by atoms with E-state index in [-0.39, 0.29) is 0 Å². The number of isocyanates is 2. The first-order chi connectivity index (χ1) is 8.69. The SMILES string of the molecule is O=C=NSCc1cc(Cl)c(Cl)c(CSN=C=O)c1. The third-order valence-electron chi connectivity index (χ3n) is 1.82. The van der Waals surface area contributed by atoms with Gasteiger partial charge in [-0.25, -0.2) is 9.59 Å². The minimum absolute atomic E-state index is 0.413. The van der Waals surface area contributed by atoms with Crippen molar-refractivity contribution in [3.63, 3.8) is 0 Å². The van der Waals surface area contributed by atoms with Crippen LogP contribution in [0.3, 0.4) is 0 Å². The molecule has 8 heteroatoms. The predicted molar refractivity (Wildman–Crippen MR) is 75.3 cm³/mol. The van der Waals surface area contributed by atoms with Crippen LogP contribution in [0.1, 0.15) is 11.1 Å². The summed E-state index contributed by atoms with van der Waals surface area (Å²) in [6, 6.07) is 3.53. The number of carbonyl (C=O) groups excluding carboxylic acids is 2. The average molecular weight is 321 g/mol. The molecule has 4 nitrogen and oxygen atoms in total. The van der Waals surface area contributed by atoms with Gasteiger partial charge in [0.05, 0.1) is 10.0 Å². The summed E-state index contributed by atoms with van der Waals surface area (Å²) >= 11 is 14.1. The number of hydrogen-bond donors (Lipinski definition) is 0. The summed E-state index contributed by atoms with van der Waals surface area (Å²) in [5.74, 6) is 0.907. The largest absolute Gasteiger partial charge is 0.247 e. The summed E-state index contributed by atoms with van der Waals surface area (Å²) in [6.07, 6.45) is 2.87. The second kappa shape index (κ2) is 8.38. The van der Waals surface area contributed by atoms with Crippen molar-refractivity contribution in [2.75, 3.05) is 0 Å². The van der Waals surface area contributed by atoms with E-state index in [1.165, 1.54) is 12.2 Å². The summed E-state index contributed by atoms with van der Waals surface area (Å²) in [5.41, 5.74) is 1.64. The monoisotopic (exact) mass is 320 g/mol. The minimum Gasteiger partial charge on any atom is -0.210 e. The van der Waals surface area contributed by atoms with Crippen LogP contribution < -0.4 is 0 Å². The fraction of sp³-hybridized carbons (Fsp3) is 0.200. The zero-order chi connectivity index (χ0) is 13.4. The number of benzene rings is 1. The Labute approximate surface area is 122 Å². The maximum atomic E-state index is 9.96.